The summed E-state index contributed by atoms with van der Waals surface area (Å²) < 4.78 is 0. The van der Waals surface area contributed by atoms with Gasteiger partial charge >= 0.3 is 0 Å². The van der Waals surface area contributed by atoms with Crippen LogP contribution in [0, 0.1) is 0 Å². The van der Waals surface area contributed by atoms with Crippen LogP contribution >= 0.6 is 23.2 Å². The number of nitrogens with two attached hydrogens (primary N) is 1. The summed E-state index contributed by atoms with van der Waals surface area (Å²) in [5.74, 6) is -0.0492. The van der Waals surface area contributed by atoms with E-state index in [1.165, 1.54) is 6.42 Å². The van der Waals surface area contributed by atoms with Crippen molar-refractivity contribution in [3.63, 3.8) is 0 Å². The Labute approximate surface area is 120 Å². The van der Waals surface area contributed by atoms with Crippen LogP contribution in [-0.2, 0) is 0 Å². The molecule has 0 fully saturated rings. The van der Waals surface area contributed by atoms with Gasteiger partial charge in [0, 0.05) is 5.56 Å². The van der Waals surface area contributed by atoms with E-state index in [1.54, 1.807) is 18.2 Å². The number of hydrogen-bond donors (Lipinski definition) is 2. The minimum atomic E-state index is -0.461. The molecular formula is C12H14Cl2N4O. The molecule has 1 heterocycles. The average Bonchev–Trinajstić information content (AvgIpc) is 2.34. The first-order chi connectivity index (χ1) is 9.01. The predicted octanol–water partition coefficient (Wildman–Crippen LogP) is 3.14. The molecule has 0 unspecified atom stereocenters. The van der Waals surface area contributed by atoms with Crippen LogP contribution in [0.1, 0.15) is 20.3 Å². The fourth-order valence-electron chi connectivity index (χ4n) is 1.21. The van der Waals surface area contributed by atoms with Crippen molar-refractivity contribution in [1.82, 2.24) is 15.2 Å². The third-order valence-corrected chi connectivity index (χ3v) is 2.74. The van der Waals surface area contributed by atoms with Gasteiger partial charge in [-0.2, -0.15) is 0 Å². The van der Waals surface area contributed by atoms with Crippen LogP contribution in [0.25, 0.3) is 11.3 Å². The quantitative estimate of drug-likeness (QED) is 0.847. The van der Waals surface area contributed by atoms with Crippen LogP contribution in [0.2, 0.25) is 10.0 Å². The van der Waals surface area contributed by atoms with Gasteiger partial charge in [-0.1, -0.05) is 55.6 Å². The van der Waals surface area contributed by atoms with Crippen molar-refractivity contribution < 1.29 is 0 Å². The highest BCUT2D eigenvalue weighted by Crippen LogP contribution is 2.30. The molecule has 0 saturated carbocycles. The number of nitrogens with one attached hydrogen (secondary N) is 1. The van der Waals surface area contributed by atoms with Gasteiger partial charge in [-0.25, -0.2) is 0 Å². The van der Waals surface area contributed by atoms with Crippen molar-refractivity contribution in [3.05, 3.63) is 38.6 Å². The molecule has 0 aliphatic carbocycles. The van der Waals surface area contributed by atoms with Gasteiger partial charge in [0.15, 0.2) is 5.69 Å². The third kappa shape index (κ3) is 3.94. The Hall–Kier alpha value is -1.59. The second-order valence-electron chi connectivity index (χ2n) is 3.70. The van der Waals surface area contributed by atoms with Crippen molar-refractivity contribution in [2.45, 2.75) is 20.3 Å². The lowest BCUT2D eigenvalue weighted by Gasteiger charge is -2.03. The molecule has 2 rings (SSSR count). The number of benzene rings is 1. The molecule has 0 spiro atoms. The molecule has 2 aromatic rings. The summed E-state index contributed by atoms with van der Waals surface area (Å²) in [6.07, 6.45) is 1.25. The molecule has 0 amide bonds. The molecule has 0 bridgehead atoms. The lowest BCUT2D eigenvalue weighted by atomic mass is 10.1. The molecule has 3 N–H and O–H groups in total. The predicted molar refractivity (Wildman–Crippen MR) is 78.5 cm³/mol. The number of aromatic amines is 1. The highest BCUT2D eigenvalue weighted by molar-refractivity contribution is 6.43. The Balaban J connectivity index is 0.000000550. The van der Waals surface area contributed by atoms with Gasteiger partial charge in [-0.3, -0.25) is 9.78 Å². The van der Waals surface area contributed by atoms with Gasteiger partial charge < -0.3 is 5.73 Å². The number of rotatable bonds is 1. The van der Waals surface area contributed by atoms with Crippen LogP contribution in [0.5, 0.6) is 0 Å². The third-order valence-electron chi connectivity index (χ3n) is 1.92. The highest BCUT2D eigenvalue weighted by atomic mass is 35.5. The molecule has 7 heteroatoms. The van der Waals surface area contributed by atoms with Gasteiger partial charge in [0.1, 0.15) is 0 Å². The van der Waals surface area contributed by atoms with Crippen molar-refractivity contribution in [3.8, 4) is 11.3 Å². The molecule has 1 aromatic heterocycles. The molecule has 0 aliphatic rings. The monoisotopic (exact) mass is 300 g/mol. The standard InChI is InChI=1S/C9H6Cl2N4O.C3H8/c10-5-3-1-2-4(6(5)11)7-8(16)13-9(12)15-14-7;1-3-2/h1-3H,(H3,12,13,15,16);3H2,1-2H3. The fraction of sp³-hybridized carbons (Fsp3) is 0.250. The maximum atomic E-state index is 11.6. The van der Waals surface area contributed by atoms with Gasteiger partial charge in [-0.15, -0.1) is 10.2 Å². The average molecular weight is 301 g/mol. The Bertz CT molecular complexity index is 613. The normalized spacial score (nSPS) is 9.68. The summed E-state index contributed by atoms with van der Waals surface area (Å²) >= 11 is 11.8. The van der Waals surface area contributed by atoms with E-state index in [-0.39, 0.29) is 16.7 Å². The minimum absolute atomic E-state index is 0.0492. The minimum Gasteiger partial charge on any atom is -0.368 e. The molecule has 0 saturated heterocycles. The van der Waals surface area contributed by atoms with E-state index in [1.807, 2.05) is 0 Å². The summed E-state index contributed by atoms with van der Waals surface area (Å²) in [6, 6.07) is 4.91. The van der Waals surface area contributed by atoms with Crippen molar-refractivity contribution in [2.24, 2.45) is 0 Å². The Morgan fingerprint density at radius 3 is 2.47 bits per heavy atom. The van der Waals surface area contributed by atoms with Gasteiger partial charge in [0.2, 0.25) is 5.95 Å². The topological polar surface area (TPSA) is 84.7 Å². The molecule has 102 valence electrons. The largest absolute Gasteiger partial charge is 0.368 e. The molecule has 19 heavy (non-hydrogen) atoms. The number of halogens is 2. The summed E-state index contributed by atoms with van der Waals surface area (Å²) in [4.78, 5) is 13.9. The first-order valence-corrected chi connectivity index (χ1v) is 6.43. The summed E-state index contributed by atoms with van der Waals surface area (Å²) in [5, 5.41) is 7.85. The second kappa shape index (κ2) is 7.11. The maximum Gasteiger partial charge on any atom is 0.279 e. The van der Waals surface area contributed by atoms with Crippen LogP contribution in [0.3, 0.4) is 0 Å². The van der Waals surface area contributed by atoms with Gasteiger partial charge in [0.05, 0.1) is 10.0 Å². The van der Waals surface area contributed by atoms with E-state index >= 15 is 0 Å². The second-order valence-corrected chi connectivity index (χ2v) is 4.48. The van der Waals surface area contributed by atoms with Gasteiger partial charge in [-0.05, 0) is 6.07 Å². The lowest BCUT2D eigenvalue weighted by Crippen LogP contribution is -2.15. The zero-order chi connectivity index (χ0) is 14.4. The summed E-state index contributed by atoms with van der Waals surface area (Å²) in [7, 11) is 0. The van der Waals surface area contributed by atoms with E-state index in [0.29, 0.717) is 10.6 Å². The van der Waals surface area contributed by atoms with Gasteiger partial charge in [0.25, 0.3) is 5.56 Å². The number of anilines is 1. The number of aromatic nitrogens is 3. The summed E-state index contributed by atoms with van der Waals surface area (Å²) in [6.45, 7) is 4.25. The first kappa shape index (κ1) is 15.5. The SMILES string of the molecule is CCC.Nc1nnc(-c2cccc(Cl)c2Cl)c(=O)[nH]1. The fourth-order valence-corrected chi connectivity index (χ4v) is 1.60. The van der Waals surface area contributed by atoms with Crippen molar-refractivity contribution >= 4 is 29.2 Å². The molecule has 0 atom stereocenters. The van der Waals surface area contributed by atoms with E-state index in [9.17, 15) is 4.79 Å². The molecule has 0 radical (unpaired) electrons. The van der Waals surface area contributed by atoms with Crippen LogP contribution in [-0.4, -0.2) is 15.2 Å². The van der Waals surface area contributed by atoms with Crippen molar-refractivity contribution in [2.75, 3.05) is 5.73 Å². The van der Waals surface area contributed by atoms with Crippen molar-refractivity contribution in [1.29, 1.82) is 0 Å². The number of hydrogen-bond acceptors (Lipinski definition) is 4. The molecule has 5 nitrogen and oxygen atoms in total. The Morgan fingerprint density at radius 1 is 1.26 bits per heavy atom. The smallest absolute Gasteiger partial charge is 0.279 e. The zero-order valence-electron chi connectivity index (χ0n) is 10.6. The number of nitrogen functional groups attached to an aromatic ring is 1. The lowest BCUT2D eigenvalue weighted by molar-refractivity contribution is 0.969. The van der Waals surface area contributed by atoms with Crippen LogP contribution < -0.4 is 11.3 Å². The van der Waals surface area contributed by atoms with E-state index in [4.69, 9.17) is 28.9 Å². The molecule has 1 aromatic carbocycles. The molecule has 0 aliphatic heterocycles. The Kier molecular flexibility index (Phi) is 5.79. The number of nitrogens with zero attached hydrogens (tertiary/aromatic N) is 2. The first-order valence-electron chi connectivity index (χ1n) is 5.68. The number of H-pyrrole nitrogens is 1. The molecular weight excluding hydrogens is 287 g/mol. The van der Waals surface area contributed by atoms with E-state index in [0.717, 1.165) is 0 Å². The van der Waals surface area contributed by atoms with Crippen LogP contribution in [0.4, 0.5) is 5.95 Å². The van der Waals surface area contributed by atoms with Crippen LogP contribution in [0.15, 0.2) is 23.0 Å². The maximum absolute atomic E-state index is 11.6. The Morgan fingerprint density at radius 2 is 1.89 bits per heavy atom. The highest BCUT2D eigenvalue weighted by Gasteiger charge is 2.12. The van der Waals surface area contributed by atoms with E-state index in [2.05, 4.69) is 29.0 Å². The van der Waals surface area contributed by atoms with E-state index < -0.39 is 5.56 Å². The zero-order valence-corrected chi connectivity index (χ0v) is 12.1. The summed E-state index contributed by atoms with van der Waals surface area (Å²) in [5.41, 5.74) is 5.33.